The monoisotopic (exact) mass is 454 g/mol. The molecule has 6 heteroatoms. The van der Waals surface area contributed by atoms with Gasteiger partial charge in [-0.2, -0.15) is 9.78 Å². The lowest BCUT2D eigenvalue weighted by Crippen LogP contribution is -2.16. The van der Waals surface area contributed by atoms with Crippen LogP contribution in [-0.2, 0) is 0 Å². The Hall–Kier alpha value is -2.74. The van der Waals surface area contributed by atoms with E-state index >= 15 is 0 Å². The van der Waals surface area contributed by atoms with Gasteiger partial charge in [0.2, 0.25) is 0 Å². The van der Waals surface area contributed by atoms with Gasteiger partial charge < -0.3 is 5.32 Å². The van der Waals surface area contributed by atoms with Gasteiger partial charge >= 0.3 is 0 Å². The molecule has 0 saturated heterocycles. The zero-order chi connectivity index (χ0) is 18.1. The number of amides is 1. The van der Waals surface area contributed by atoms with E-state index in [1.807, 2.05) is 67.6 Å². The molecule has 0 bridgehead atoms. The van der Waals surface area contributed by atoms with Crippen LogP contribution in [0.5, 0.6) is 0 Å². The van der Waals surface area contributed by atoms with Crippen LogP contribution in [0.25, 0.3) is 16.7 Å². The molecule has 2 aromatic carbocycles. The molecular weight excluding hydrogens is 439 g/mol. The number of nitrogens with one attached hydrogen (secondary N) is 1. The van der Waals surface area contributed by atoms with Crippen molar-refractivity contribution in [1.29, 1.82) is 0 Å². The van der Waals surface area contributed by atoms with Gasteiger partial charge in [-0.1, -0.05) is 30.3 Å². The Kier molecular flexibility index (Phi) is 4.42. The number of halogens is 1. The number of pyridine rings is 1. The molecule has 0 unspecified atom stereocenters. The Morgan fingerprint density at radius 3 is 2.65 bits per heavy atom. The van der Waals surface area contributed by atoms with E-state index in [0.717, 1.165) is 20.2 Å². The van der Waals surface area contributed by atoms with Crippen molar-refractivity contribution in [3.8, 4) is 5.82 Å². The van der Waals surface area contributed by atoms with Crippen LogP contribution < -0.4 is 5.32 Å². The highest BCUT2D eigenvalue weighted by molar-refractivity contribution is 14.1. The summed E-state index contributed by atoms with van der Waals surface area (Å²) in [5.74, 6) is 1.08. The van der Waals surface area contributed by atoms with Crippen LogP contribution in [-0.4, -0.2) is 20.7 Å². The molecule has 0 saturated carbocycles. The maximum atomic E-state index is 12.7. The van der Waals surface area contributed by atoms with Crippen molar-refractivity contribution in [2.45, 2.75) is 6.92 Å². The number of aryl methyl sites for hydroxylation is 1. The highest BCUT2D eigenvalue weighted by atomic mass is 127. The molecule has 0 aliphatic heterocycles. The van der Waals surface area contributed by atoms with E-state index in [0.29, 0.717) is 17.2 Å². The summed E-state index contributed by atoms with van der Waals surface area (Å²) >= 11 is 2.16. The number of hydrogen-bond acceptors (Lipinski definition) is 3. The number of hydrogen-bond donors (Lipinski definition) is 1. The fourth-order valence-corrected chi connectivity index (χ4v) is 3.40. The maximum Gasteiger partial charge on any atom is 0.257 e. The number of anilines is 1. The van der Waals surface area contributed by atoms with Crippen molar-refractivity contribution in [2.75, 3.05) is 5.32 Å². The summed E-state index contributed by atoms with van der Waals surface area (Å²) in [6.45, 7) is 1.89. The molecule has 2 heterocycles. The van der Waals surface area contributed by atoms with Crippen LogP contribution in [0.3, 0.4) is 0 Å². The highest BCUT2D eigenvalue weighted by Gasteiger charge is 2.15. The van der Waals surface area contributed by atoms with Gasteiger partial charge in [-0.3, -0.25) is 4.79 Å². The van der Waals surface area contributed by atoms with Crippen molar-refractivity contribution in [3.05, 3.63) is 81.6 Å². The minimum absolute atomic E-state index is 0.170. The summed E-state index contributed by atoms with van der Waals surface area (Å²) in [4.78, 5) is 17.3. The lowest BCUT2D eigenvalue weighted by atomic mass is 10.2. The van der Waals surface area contributed by atoms with Gasteiger partial charge in [0.25, 0.3) is 5.91 Å². The molecule has 128 valence electrons. The molecule has 1 N–H and O–H groups in total. The average molecular weight is 454 g/mol. The van der Waals surface area contributed by atoms with Gasteiger partial charge in [-0.25, -0.2) is 4.98 Å². The largest absolute Gasteiger partial charge is 0.306 e. The quantitative estimate of drug-likeness (QED) is 0.461. The molecule has 0 radical (unpaired) electrons. The van der Waals surface area contributed by atoms with Gasteiger partial charge in [0.15, 0.2) is 5.82 Å². The Bertz CT molecular complexity index is 1120. The molecule has 2 aromatic heterocycles. The first-order valence-electron chi connectivity index (χ1n) is 8.10. The molecule has 0 fully saturated rings. The van der Waals surface area contributed by atoms with E-state index in [9.17, 15) is 4.79 Å². The summed E-state index contributed by atoms with van der Waals surface area (Å²) in [6, 6.07) is 21.1. The van der Waals surface area contributed by atoms with E-state index < -0.39 is 0 Å². The summed E-state index contributed by atoms with van der Waals surface area (Å²) in [7, 11) is 0. The molecule has 0 spiro atoms. The standard InChI is InChI=1S/C20H15IN4O/c1-13-12-19(23-20(26)15-7-3-4-8-16(15)21)25(24-13)18-11-10-14-6-2-5-9-17(14)22-18/h2-12H,1H3,(H,23,26). The lowest BCUT2D eigenvalue weighted by Gasteiger charge is -2.10. The van der Waals surface area contributed by atoms with Gasteiger partial charge in [-0.15, -0.1) is 0 Å². The minimum Gasteiger partial charge on any atom is -0.306 e. The number of para-hydroxylation sites is 1. The first kappa shape index (κ1) is 16.7. The molecule has 0 aliphatic rings. The van der Waals surface area contributed by atoms with Crippen molar-refractivity contribution >= 4 is 45.2 Å². The van der Waals surface area contributed by atoms with E-state index in [4.69, 9.17) is 0 Å². The van der Waals surface area contributed by atoms with E-state index in [1.54, 1.807) is 10.7 Å². The molecule has 4 rings (SSSR count). The lowest BCUT2D eigenvalue weighted by molar-refractivity contribution is 0.102. The van der Waals surface area contributed by atoms with E-state index in [-0.39, 0.29) is 5.91 Å². The number of fused-ring (bicyclic) bond motifs is 1. The fourth-order valence-electron chi connectivity index (χ4n) is 2.77. The van der Waals surface area contributed by atoms with Crippen LogP contribution in [0, 0.1) is 10.5 Å². The molecule has 4 aromatic rings. The number of benzene rings is 2. The Morgan fingerprint density at radius 1 is 1.04 bits per heavy atom. The number of aromatic nitrogens is 3. The Labute approximate surface area is 164 Å². The van der Waals surface area contributed by atoms with E-state index in [1.165, 1.54) is 0 Å². The molecular formula is C20H15IN4O. The van der Waals surface area contributed by atoms with Gasteiger partial charge in [0, 0.05) is 15.0 Å². The van der Waals surface area contributed by atoms with Crippen molar-refractivity contribution < 1.29 is 4.79 Å². The molecule has 1 amide bonds. The first-order chi connectivity index (χ1) is 12.6. The fraction of sp³-hybridized carbons (Fsp3) is 0.0500. The second-order valence-corrected chi connectivity index (χ2v) is 7.04. The summed E-state index contributed by atoms with van der Waals surface area (Å²) in [6.07, 6.45) is 0. The van der Waals surface area contributed by atoms with Crippen molar-refractivity contribution in [2.24, 2.45) is 0 Å². The van der Waals surface area contributed by atoms with Crippen molar-refractivity contribution in [3.63, 3.8) is 0 Å². The van der Waals surface area contributed by atoms with Crippen molar-refractivity contribution in [1.82, 2.24) is 14.8 Å². The number of carbonyl (C=O) groups excluding carboxylic acids is 1. The predicted octanol–water partition coefficient (Wildman–Crippen LogP) is 4.59. The predicted molar refractivity (Wildman–Crippen MR) is 111 cm³/mol. The number of carbonyl (C=O) groups is 1. The second kappa shape index (κ2) is 6.87. The van der Waals surface area contributed by atoms with Gasteiger partial charge in [-0.05, 0) is 59.8 Å². The minimum atomic E-state index is -0.170. The zero-order valence-electron chi connectivity index (χ0n) is 14.0. The molecule has 26 heavy (non-hydrogen) atoms. The SMILES string of the molecule is Cc1cc(NC(=O)c2ccccc2I)n(-c2ccc3ccccc3n2)n1. The second-order valence-electron chi connectivity index (χ2n) is 5.88. The summed E-state index contributed by atoms with van der Waals surface area (Å²) < 4.78 is 2.56. The zero-order valence-corrected chi connectivity index (χ0v) is 16.1. The maximum absolute atomic E-state index is 12.7. The van der Waals surface area contributed by atoms with Crippen LogP contribution in [0.15, 0.2) is 66.7 Å². The van der Waals surface area contributed by atoms with Crippen LogP contribution in [0.2, 0.25) is 0 Å². The van der Waals surface area contributed by atoms with E-state index in [2.05, 4.69) is 38.0 Å². The third-order valence-electron chi connectivity index (χ3n) is 3.99. The van der Waals surface area contributed by atoms with Crippen LogP contribution in [0.1, 0.15) is 16.1 Å². The summed E-state index contributed by atoms with van der Waals surface area (Å²) in [5.41, 5.74) is 2.32. The smallest absolute Gasteiger partial charge is 0.257 e. The third-order valence-corrected chi connectivity index (χ3v) is 4.93. The Balaban J connectivity index is 1.72. The highest BCUT2D eigenvalue weighted by Crippen LogP contribution is 2.20. The van der Waals surface area contributed by atoms with Gasteiger partial charge in [0.05, 0.1) is 16.8 Å². The van der Waals surface area contributed by atoms with Gasteiger partial charge in [0.1, 0.15) is 5.82 Å². The topological polar surface area (TPSA) is 59.8 Å². The van der Waals surface area contributed by atoms with Crippen LogP contribution in [0.4, 0.5) is 5.82 Å². The molecule has 5 nitrogen and oxygen atoms in total. The first-order valence-corrected chi connectivity index (χ1v) is 9.18. The Morgan fingerprint density at radius 2 is 1.81 bits per heavy atom. The molecule has 0 atom stereocenters. The number of nitrogens with zero attached hydrogens (tertiary/aromatic N) is 3. The average Bonchev–Trinajstić information content (AvgIpc) is 3.01. The summed E-state index contributed by atoms with van der Waals surface area (Å²) in [5, 5.41) is 8.51. The van der Waals surface area contributed by atoms with Crippen LogP contribution >= 0.6 is 22.6 Å². The molecule has 0 aliphatic carbocycles. The third kappa shape index (κ3) is 3.20. The number of rotatable bonds is 3. The normalized spacial score (nSPS) is 10.8.